The number of hydrogen-bond donors (Lipinski definition) is 1. The van der Waals surface area contributed by atoms with Crippen LogP contribution in [0.3, 0.4) is 0 Å². The molecule has 4 nitrogen and oxygen atoms in total. The quantitative estimate of drug-likeness (QED) is 0.637. The molecule has 28 heavy (non-hydrogen) atoms. The smallest absolute Gasteiger partial charge is 0.267 e. The summed E-state index contributed by atoms with van der Waals surface area (Å²) < 4.78 is 0. The van der Waals surface area contributed by atoms with Crippen molar-refractivity contribution in [3.63, 3.8) is 0 Å². The van der Waals surface area contributed by atoms with Gasteiger partial charge in [0.05, 0.1) is 16.6 Å². The fourth-order valence-corrected chi connectivity index (χ4v) is 3.06. The van der Waals surface area contributed by atoms with Crippen molar-refractivity contribution in [3.05, 3.63) is 69.2 Å². The van der Waals surface area contributed by atoms with Gasteiger partial charge in [-0.25, -0.2) is 5.01 Å². The van der Waals surface area contributed by atoms with E-state index in [4.69, 9.17) is 23.2 Å². The molecule has 0 bridgehead atoms. The van der Waals surface area contributed by atoms with Crippen LogP contribution in [0.25, 0.3) is 0 Å². The maximum atomic E-state index is 13.2. The molecule has 0 spiro atoms. The average Bonchev–Trinajstić information content (AvgIpc) is 2.64. The third-order valence-corrected chi connectivity index (χ3v) is 5.42. The number of carbonyl (C=O) groups is 2. The van der Waals surface area contributed by atoms with E-state index in [1.165, 1.54) is 11.1 Å². The molecule has 2 rings (SSSR count). The van der Waals surface area contributed by atoms with Gasteiger partial charge in [-0.2, -0.15) is 0 Å². The van der Waals surface area contributed by atoms with Crippen molar-refractivity contribution in [2.45, 2.75) is 47.1 Å². The van der Waals surface area contributed by atoms with E-state index in [0.717, 1.165) is 12.0 Å². The lowest BCUT2D eigenvalue weighted by atomic mass is 9.87. The number of amides is 2. The summed E-state index contributed by atoms with van der Waals surface area (Å²) in [7, 11) is 0. The van der Waals surface area contributed by atoms with Crippen molar-refractivity contribution in [1.82, 2.24) is 10.4 Å². The minimum Gasteiger partial charge on any atom is -0.267 e. The Kier molecular flexibility index (Phi) is 7.13. The van der Waals surface area contributed by atoms with Gasteiger partial charge in [-0.05, 0) is 54.7 Å². The van der Waals surface area contributed by atoms with Crippen LogP contribution in [0, 0.1) is 5.41 Å². The van der Waals surface area contributed by atoms with Crippen molar-refractivity contribution >= 4 is 35.0 Å². The summed E-state index contributed by atoms with van der Waals surface area (Å²) in [4.78, 5) is 26.0. The van der Waals surface area contributed by atoms with Crippen LogP contribution < -0.4 is 5.43 Å². The Morgan fingerprint density at radius 3 is 2.18 bits per heavy atom. The molecule has 0 aliphatic rings. The van der Waals surface area contributed by atoms with Crippen LogP contribution in [-0.2, 0) is 6.42 Å². The third kappa shape index (κ3) is 5.27. The molecule has 0 aliphatic carbocycles. The van der Waals surface area contributed by atoms with E-state index in [0.29, 0.717) is 10.6 Å². The van der Waals surface area contributed by atoms with Crippen LogP contribution in [0.1, 0.15) is 60.9 Å². The summed E-state index contributed by atoms with van der Waals surface area (Å²) in [5, 5.41) is 2.03. The molecule has 2 aromatic carbocycles. The molecule has 0 saturated carbocycles. The second-order valence-electron chi connectivity index (χ2n) is 7.83. The number of hydrazine groups is 1. The molecule has 0 aromatic heterocycles. The monoisotopic (exact) mass is 420 g/mol. The van der Waals surface area contributed by atoms with Gasteiger partial charge in [0.25, 0.3) is 11.8 Å². The highest BCUT2D eigenvalue weighted by molar-refractivity contribution is 6.36. The van der Waals surface area contributed by atoms with Gasteiger partial charge >= 0.3 is 0 Å². The fourth-order valence-electron chi connectivity index (χ4n) is 2.57. The minimum absolute atomic E-state index is 0.241. The summed E-state index contributed by atoms with van der Waals surface area (Å²) >= 11 is 12.2. The van der Waals surface area contributed by atoms with Crippen molar-refractivity contribution in [3.8, 4) is 0 Å². The number of rotatable bonds is 4. The van der Waals surface area contributed by atoms with Gasteiger partial charge in [0.15, 0.2) is 0 Å². The van der Waals surface area contributed by atoms with Gasteiger partial charge in [-0.1, -0.05) is 63.0 Å². The first-order valence-corrected chi connectivity index (χ1v) is 9.98. The largest absolute Gasteiger partial charge is 0.274 e. The lowest BCUT2D eigenvalue weighted by Gasteiger charge is -2.37. The van der Waals surface area contributed by atoms with E-state index in [-0.39, 0.29) is 33.9 Å². The molecule has 2 aromatic rings. The zero-order chi connectivity index (χ0) is 21.1. The summed E-state index contributed by atoms with van der Waals surface area (Å²) in [5.74, 6) is -0.736. The zero-order valence-corrected chi connectivity index (χ0v) is 18.4. The summed E-state index contributed by atoms with van der Waals surface area (Å²) in [5.41, 5.74) is 4.41. The van der Waals surface area contributed by atoms with Gasteiger partial charge in [0.1, 0.15) is 0 Å². The normalized spacial score (nSPS) is 12.4. The van der Waals surface area contributed by atoms with Crippen LogP contribution in [-0.4, -0.2) is 22.9 Å². The number of nitrogens with one attached hydrogen (secondary N) is 1. The molecule has 0 saturated heterocycles. The van der Waals surface area contributed by atoms with E-state index in [9.17, 15) is 9.59 Å². The Labute approximate surface area is 176 Å². The highest BCUT2D eigenvalue weighted by atomic mass is 35.5. The third-order valence-electron chi connectivity index (χ3n) is 4.87. The van der Waals surface area contributed by atoms with Crippen molar-refractivity contribution in [2.75, 3.05) is 0 Å². The Morgan fingerprint density at radius 1 is 1.07 bits per heavy atom. The molecule has 0 heterocycles. The molecular formula is C22H26Cl2N2O2. The highest BCUT2D eigenvalue weighted by Crippen LogP contribution is 2.27. The van der Waals surface area contributed by atoms with E-state index in [2.05, 4.69) is 12.3 Å². The highest BCUT2D eigenvalue weighted by Gasteiger charge is 2.32. The van der Waals surface area contributed by atoms with E-state index in [1.807, 2.05) is 39.8 Å². The van der Waals surface area contributed by atoms with E-state index in [1.54, 1.807) is 24.3 Å². The first kappa shape index (κ1) is 22.3. The Bertz CT molecular complexity index is 858. The lowest BCUT2D eigenvalue weighted by molar-refractivity contribution is 0.0337. The van der Waals surface area contributed by atoms with Gasteiger partial charge in [-0.15, -0.1) is 0 Å². The zero-order valence-electron chi connectivity index (χ0n) is 16.8. The maximum Gasteiger partial charge on any atom is 0.274 e. The number of carbonyl (C=O) groups excluding carboxylic acids is 2. The van der Waals surface area contributed by atoms with E-state index < -0.39 is 0 Å². The molecule has 1 N–H and O–H groups in total. The summed E-state index contributed by atoms with van der Waals surface area (Å²) in [6.07, 6.45) is 0.892. The predicted octanol–water partition coefficient (Wildman–Crippen LogP) is 5.78. The molecular weight excluding hydrogens is 395 g/mol. The SMILES string of the molecule is CCc1ccc(C(=O)NN(C(=O)c2ccc(Cl)cc2Cl)C(C)C(C)(C)C)cc1. The first-order chi connectivity index (χ1) is 13.0. The molecule has 150 valence electrons. The second kappa shape index (κ2) is 8.97. The molecule has 0 aliphatic heterocycles. The van der Waals surface area contributed by atoms with Crippen molar-refractivity contribution < 1.29 is 9.59 Å². The lowest BCUT2D eigenvalue weighted by Crippen LogP contribution is -2.55. The number of hydrogen-bond acceptors (Lipinski definition) is 2. The molecule has 6 heteroatoms. The molecule has 1 unspecified atom stereocenters. The maximum absolute atomic E-state index is 13.2. The van der Waals surface area contributed by atoms with Crippen LogP contribution in [0.5, 0.6) is 0 Å². The molecule has 0 radical (unpaired) electrons. The number of halogens is 2. The number of nitrogens with zero attached hydrogens (tertiary/aromatic N) is 1. The number of aryl methyl sites for hydroxylation is 1. The minimum atomic E-state index is -0.386. The molecule has 0 fully saturated rings. The standard InChI is InChI=1S/C22H26Cl2N2O2/c1-6-15-7-9-16(10-8-15)20(27)25-26(14(2)22(3,4)5)21(28)18-12-11-17(23)13-19(18)24/h7-14H,6H2,1-5H3,(H,25,27). The van der Waals surface area contributed by atoms with E-state index >= 15 is 0 Å². The Hall–Kier alpha value is -2.04. The predicted molar refractivity (Wildman–Crippen MR) is 115 cm³/mol. The second-order valence-corrected chi connectivity index (χ2v) is 8.68. The molecule has 2 amide bonds. The molecule has 1 atom stereocenters. The van der Waals surface area contributed by atoms with Gasteiger partial charge in [0.2, 0.25) is 0 Å². The van der Waals surface area contributed by atoms with Crippen LogP contribution in [0.4, 0.5) is 0 Å². The Morgan fingerprint density at radius 2 is 1.68 bits per heavy atom. The van der Waals surface area contributed by atoms with Crippen LogP contribution >= 0.6 is 23.2 Å². The van der Waals surface area contributed by atoms with Gasteiger partial charge in [-0.3, -0.25) is 15.0 Å². The number of benzene rings is 2. The topological polar surface area (TPSA) is 49.4 Å². The fraction of sp³-hybridized carbons (Fsp3) is 0.364. The van der Waals surface area contributed by atoms with Gasteiger partial charge in [0, 0.05) is 10.6 Å². The summed E-state index contributed by atoms with van der Waals surface area (Å²) in [6, 6.07) is 11.7. The van der Waals surface area contributed by atoms with Crippen molar-refractivity contribution in [2.24, 2.45) is 5.41 Å². The van der Waals surface area contributed by atoms with Crippen LogP contribution in [0.15, 0.2) is 42.5 Å². The Balaban J connectivity index is 2.35. The van der Waals surface area contributed by atoms with Crippen LogP contribution in [0.2, 0.25) is 10.0 Å². The first-order valence-electron chi connectivity index (χ1n) is 9.23. The average molecular weight is 421 g/mol. The van der Waals surface area contributed by atoms with Crippen molar-refractivity contribution in [1.29, 1.82) is 0 Å². The summed E-state index contributed by atoms with van der Waals surface area (Å²) in [6.45, 7) is 9.95. The van der Waals surface area contributed by atoms with Gasteiger partial charge < -0.3 is 0 Å².